The monoisotopic (exact) mass is 354 g/mol. The molecule has 0 aliphatic heterocycles. The van der Waals surface area contributed by atoms with Crippen LogP contribution in [0.3, 0.4) is 0 Å². The van der Waals surface area contributed by atoms with Crippen molar-refractivity contribution in [2.45, 2.75) is 6.61 Å². The van der Waals surface area contributed by atoms with Crippen molar-refractivity contribution in [2.75, 3.05) is 21.3 Å². The number of H-pyrrole nitrogens is 1. The Balaban J connectivity index is 2.58. The van der Waals surface area contributed by atoms with Crippen LogP contribution in [0, 0.1) is 0 Å². The predicted octanol–water partition coefficient (Wildman–Crippen LogP) is 2.36. The van der Waals surface area contributed by atoms with Crippen LogP contribution in [-0.2, 0) is 11.3 Å². The van der Waals surface area contributed by atoms with E-state index in [1.165, 1.54) is 0 Å². The van der Waals surface area contributed by atoms with Gasteiger partial charge in [0.1, 0.15) is 21.8 Å². The molecule has 2 aromatic rings. The number of hydrogen-bond acceptors (Lipinski definition) is 5. The Kier molecular flexibility index (Phi) is 4.98. The minimum Gasteiger partial charge on any atom is -0.497 e. The Morgan fingerprint density at radius 2 is 2.00 bits per heavy atom. The van der Waals surface area contributed by atoms with E-state index in [-0.39, 0.29) is 12.2 Å². The largest absolute Gasteiger partial charge is 0.497 e. The van der Waals surface area contributed by atoms with Gasteiger partial charge in [0.25, 0.3) is 5.56 Å². The SMILES string of the molecule is COCc1nc(-c2ccc(OC)cc2OC)[nH]c(=O)c1Br. The third-order valence-electron chi connectivity index (χ3n) is 2.88. The third kappa shape index (κ3) is 3.25. The molecule has 1 aromatic heterocycles. The Labute approximate surface area is 130 Å². The van der Waals surface area contributed by atoms with E-state index in [2.05, 4.69) is 25.9 Å². The summed E-state index contributed by atoms with van der Waals surface area (Å²) < 4.78 is 15.9. The van der Waals surface area contributed by atoms with Crippen LogP contribution >= 0.6 is 15.9 Å². The van der Waals surface area contributed by atoms with Gasteiger partial charge in [-0.3, -0.25) is 4.79 Å². The Morgan fingerprint density at radius 1 is 1.24 bits per heavy atom. The highest BCUT2D eigenvalue weighted by atomic mass is 79.9. The van der Waals surface area contributed by atoms with Crippen molar-refractivity contribution in [3.63, 3.8) is 0 Å². The van der Waals surface area contributed by atoms with Crippen LogP contribution in [0.25, 0.3) is 11.4 Å². The summed E-state index contributed by atoms with van der Waals surface area (Å²) in [6.45, 7) is 0.232. The molecule has 0 aliphatic carbocycles. The first-order chi connectivity index (χ1) is 10.1. The maximum Gasteiger partial charge on any atom is 0.265 e. The van der Waals surface area contributed by atoms with Crippen molar-refractivity contribution in [1.82, 2.24) is 9.97 Å². The van der Waals surface area contributed by atoms with Gasteiger partial charge >= 0.3 is 0 Å². The average Bonchev–Trinajstić information content (AvgIpc) is 2.51. The highest BCUT2D eigenvalue weighted by molar-refractivity contribution is 9.10. The zero-order valence-electron chi connectivity index (χ0n) is 11.9. The van der Waals surface area contributed by atoms with E-state index in [0.717, 1.165) is 0 Å². The normalized spacial score (nSPS) is 10.5. The van der Waals surface area contributed by atoms with Crippen LogP contribution in [0.1, 0.15) is 5.69 Å². The molecule has 1 aromatic carbocycles. The second kappa shape index (κ2) is 6.73. The summed E-state index contributed by atoms with van der Waals surface area (Å²) >= 11 is 3.21. The van der Waals surface area contributed by atoms with Gasteiger partial charge in [0.05, 0.1) is 32.1 Å². The van der Waals surface area contributed by atoms with E-state index in [9.17, 15) is 4.79 Å². The van der Waals surface area contributed by atoms with Gasteiger partial charge in [0.15, 0.2) is 0 Å². The minimum atomic E-state index is -0.273. The molecule has 0 saturated heterocycles. The number of rotatable bonds is 5. The molecule has 7 heteroatoms. The molecule has 2 rings (SSSR count). The van der Waals surface area contributed by atoms with Crippen molar-refractivity contribution in [3.8, 4) is 22.9 Å². The number of halogens is 1. The van der Waals surface area contributed by atoms with Crippen molar-refractivity contribution in [1.29, 1.82) is 0 Å². The summed E-state index contributed by atoms with van der Waals surface area (Å²) in [5.74, 6) is 1.63. The smallest absolute Gasteiger partial charge is 0.265 e. The van der Waals surface area contributed by atoms with Crippen LogP contribution in [0.15, 0.2) is 27.5 Å². The van der Waals surface area contributed by atoms with Gasteiger partial charge in [-0.25, -0.2) is 4.98 Å². The van der Waals surface area contributed by atoms with Gasteiger partial charge < -0.3 is 19.2 Å². The summed E-state index contributed by atoms with van der Waals surface area (Å²) in [4.78, 5) is 19.1. The molecule has 1 N–H and O–H groups in total. The van der Waals surface area contributed by atoms with Crippen molar-refractivity contribution in [3.05, 3.63) is 38.7 Å². The molecule has 0 aliphatic rings. The first kappa shape index (κ1) is 15.5. The molecule has 0 saturated carbocycles. The second-order valence-electron chi connectivity index (χ2n) is 4.17. The van der Waals surface area contributed by atoms with Crippen LogP contribution in [0.5, 0.6) is 11.5 Å². The van der Waals surface area contributed by atoms with Crippen molar-refractivity contribution >= 4 is 15.9 Å². The Bertz CT molecular complexity index is 700. The van der Waals surface area contributed by atoms with E-state index < -0.39 is 0 Å². The van der Waals surface area contributed by atoms with Gasteiger partial charge in [0, 0.05) is 13.2 Å². The fraction of sp³-hybridized carbons (Fsp3) is 0.286. The fourth-order valence-electron chi connectivity index (χ4n) is 1.86. The first-order valence-electron chi connectivity index (χ1n) is 6.10. The van der Waals surface area contributed by atoms with Crippen molar-refractivity contribution in [2.24, 2.45) is 0 Å². The van der Waals surface area contributed by atoms with Crippen LogP contribution in [0.2, 0.25) is 0 Å². The lowest BCUT2D eigenvalue weighted by Crippen LogP contribution is -2.14. The maximum atomic E-state index is 12.0. The number of nitrogens with one attached hydrogen (secondary N) is 1. The fourth-order valence-corrected chi connectivity index (χ4v) is 2.16. The molecule has 0 unspecified atom stereocenters. The lowest BCUT2D eigenvalue weighted by molar-refractivity contribution is 0.180. The highest BCUT2D eigenvalue weighted by Crippen LogP contribution is 2.31. The van der Waals surface area contributed by atoms with E-state index in [4.69, 9.17) is 14.2 Å². The molecule has 6 nitrogen and oxygen atoms in total. The lowest BCUT2D eigenvalue weighted by Gasteiger charge is -2.11. The zero-order chi connectivity index (χ0) is 15.4. The minimum absolute atomic E-state index is 0.232. The molecule has 0 bridgehead atoms. The lowest BCUT2D eigenvalue weighted by atomic mass is 10.1. The third-order valence-corrected chi connectivity index (χ3v) is 3.69. The molecule has 0 spiro atoms. The molecule has 0 amide bonds. The summed E-state index contributed by atoms with van der Waals surface area (Å²) in [7, 11) is 4.67. The van der Waals surface area contributed by atoms with Crippen molar-refractivity contribution < 1.29 is 14.2 Å². The zero-order valence-corrected chi connectivity index (χ0v) is 13.5. The van der Waals surface area contributed by atoms with Crippen LogP contribution < -0.4 is 15.0 Å². The second-order valence-corrected chi connectivity index (χ2v) is 4.97. The summed E-state index contributed by atoms with van der Waals surface area (Å²) in [5.41, 5.74) is 0.916. The molecule has 1 heterocycles. The van der Waals surface area contributed by atoms with Gasteiger partial charge in [-0.1, -0.05) is 0 Å². The number of methoxy groups -OCH3 is 3. The van der Waals surface area contributed by atoms with Gasteiger partial charge in [-0.05, 0) is 28.1 Å². The molecular weight excluding hydrogens is 340 g/mol. The highest BCUT2D eigenvalue weighted by Gasteiger charge is 2.14. The molecule has 0 atom stereocenters. The molecular formula is C14H15BrN2O4. The van der Waals surface area contributed by atoms with E-state index in [0.29, 0.717) is 33.1 Å². The quantitative estimate of drug-likeness (QED) is 0.892. The topological polar surface area (TPSA) is 73.4 Å². The number of benzene rings is 1. The summed E-state index contributed by atoms with van der Waals surface area (Å²) in [5, 5.41) is 0. The maximum absolute atomic E-state index is 12.0. The predicted molar refractivity (Wildman–Crippen MR) is 81.8 cm³/mol. The standard InChI is InChI=1S/C14H15BrN2O4/c1-19-7-10-12(15)14(18)17-13(16-10)9-5-4-8(20-2)6-11(9)21-3/h4-6H,7H2,1-3H3,(H,16,17,18). The molecule has 0 radical (unpaired) electrons. The van der Waals surface area contributed by atoms with Gasteiger partial charge in [-0.15, -0.1) is 0 Å². The Morgan fingerprint density at radius 3 is 2.62 bits per heavy atom. The summed E-state index contributed by atoms with van der Waals surface area (Å²) in [6.07, 6.45) is 0. The molecule has 0 fully saturated rings. The van der Waals surface area contributed by atoms with E-state index in [1.54, 1.807) is 39.5 Å². The molecule has 21 heavy (non-hydrogen) atoms. The molecule has 112 valence electrons. The van der Waals surface area contributed by atoms with E-state index in [1.807, 2.05) is 0 Å². The number of aromatic amines is 1. The van der Waals surface area contributed by atoms with Crippen LogP contribution in [0.4, 0.5) is 0 Å². The van der Waals surface area contributed by atoms with Crippen LogP contribution in [-0.4, -0.2) is 31.3 Å². The van der Waals surface area contributed by atoms with E-state index >= 15 is 0 Å². The first-order valence-corrected chi connectivity index (χ1v) is 6.90. The number of hydrogen-bond donors (Lipinski definition) is 1. The van der Waals surface area contributed by atoms with Gasteiger partial charge in [0.2, 0.25) is 0 Å². The number of nitrogens with zero attached hydrogens (tertiary/aromatic N) is 1. The van der Waals surface area contributed by atoms with Gasteiger partial charge in [-0.2, -0.15) is 0 Å². The average molecular weight is 355 g/mol. The number of ether oxygens (including phenoxy) is 3. The Hall–Kier alpha value is -1.86. The summed E-state index contributed by atoms with van der Waals surface area (Å²) in [6, 6.07) is 5.28. The number of aromatic nitrogens is 2.